The van der Waals surface area contributed by atoms with Crippen molar-refractivity contribution in [2.24, 2.45) is 0 Å². The van der Waals surface area contributed by atoms with Crippen LogP contribution in [0.15, 0.2) is 76.4 Å². The minimum atomic E-state index is -4.12. The highest BCUT2D eigenvalue weighted by Gasteiger charge is 2.39. The highest BCUT2D eigenvalue weighted by molar-refractivity contribution is 7.52. The lowest BCUT2D eigenvalue weighted by molar-refractivity contribution is -0.146. The van der Waals surface area contributed by atoms with E-state index in [2.05, 4.69) is 10.1 Å². The molecule has 2 aromatic carbocycles. The maximum Gasteiger partial charge on any atom is 0.459 e. The molecule has 1 aromatic heterocycles. The molecular formula is C25H28N3O8P. The number of aromatic amines is 1. The number of H-pyrrole nitrogens is 1. The van der Waals surface area contributed by atoms with E-state index < -0.39 is 43.3 Å². The fourth-order valence-corrected chi connectivity index (χ4v) is 5.36. The van der Waals surface area contributed by atoms with Gasteiger partial charge in [-0.1, -0.05) is 48.5 Å². The summed E-state index contributed by atoms with van der Waals surface area (Å²) in [5.74, 6) is -0.369. The third kappa shape index (κ3) is 7.05. The molecule has 3 aromatic rings. The smallest absolute Gasteiger partial charge is 0.459 e. The Morgan fingerprint density at radius 3 is 2.54 bits per heavy atom. The highest BCUT2D eigenvalue weighted by atomic mass is 31.2. The Bertz CT molecular complexity index is 1380. The molecule has 1 unspecified atom stereocenters. The van der Waals surface area contributed by atoms with Gasteiger partial charge in [-0.25, -0.2) is 9.36 Å². The van der Waals surface area contributed by atoms with Crippen molar-refractivity contribution in [3.63, 3.8) is 0 Å². The number of aromatic nitrogens is 2. The molecule has 2 N–H and O–H groups in total. The fraction of sp³-hybridized carbons (Fsp3) is 0.320. The number of hydrogen-bond acceptors (Lipinski definition) is 8. The quantitative estimate of drug-likeness (QED) is 0.300. The molecule has 0 bridgehead atoms. The third-order valence-corrected chi connectivity index (χ3v) is 7.31. The van der Waals surface area contributed by atoms with Crippen molar-refractivity contribution in [3.05, 3.63) is 98.8 Å². The molecule has 4 rings (SSSR count). The van der Waals surface area contributed by atoms with Gasteiger partial charge in [0.2, 0.25) is 0 Å². The molecule has 11 nitrogen and oxygen atoms in total. The molecule has 4 atom stereocenters. The van der Waals surface area contributed by atoms with Crippen LogP contribution in [0, 0.1) is 6.92 Å². The zero-order valence-electron chi connectivity index (χ0n) is 20.4. The molecular weight excluding hydrogens is 501 g/mol. The van der Waals surface area contributed by atoms with Gasteiger partial charge in [0.25, 0.3) is 5.56 Å². The van der Waals surface area contributed by atoms with Crippen molar-refractivity contribution in [2.75, 3.05) is 6.61 Å². The molecule has 0 aliphatic carbocycles. The van der Waals surface area contributed by atoms with Crippen LogP contribution in [0.25, 0.3) is 0 Å². The van der Waals surface area contributed by atoms with E-state index in [0.29, 0.717) is 5.56 Å². The van der Waals surface area contributed by atoms with Gasteiger partial charge in [-0.15, -0.1) is 0 Å². The molecule has 1 aliphatic rings. The number of nitrogens with one attached hydrogen (secondary N) is 2. The monoisotopic (exact) mass is 529 g/mol. The van der Waals surface area contributed by atoms with Crippen LogP contribution in [0.3, 0.4) is 0 Å². The predicted octanol–water partition coefficient (Wildman–Crippen LogP) is 3.06. The summed E-state index contributed by atoms with van der Waals surface area (Å²) in [6, 6.07) is 16.5. The standard InChI is InChI=1S/C25H28N3O8P/c1-17-14-28(25(31)26-23(17)29)22-13-21(16-33-22)36-37(32,35-20-11-7-4-8-12-20)27-18(2)24(30)34-15-19-9-5-3-6-10-19/h3-12,14,18,21-22H,13,15-16H2,1-2H3,(H,27,32)(H,26,29,31)/t18-,21+,22+,37?/m0/s1. The first-order valence-electron chi connectivity index (χ1n) is 11.7. The summed E-state index contributed by atoms with van der Waals surface area (Å²) in [6.07, 6.45) is 0.0737. The number of rotatable bonds is 10. The summed E-state index contributed by atoms with van der Waals surface area (Å²) in [7, 11) is -4.12. The number of nitrogens with zero attached hydrogens (tertiary/aromatic N) is 1. The maximum absolute atomic E-state index is 13.8. The highest BCUT2D eigenvalue weighted by Crippen LogP contribution is 2.48. The van der Waals surface area contributed by atoms with E-state index in [0.717, 1.165) is 5.56 Å². The first kappa shape index (κ1) is 26.6. The number of carbonyl (C=O) groups excluding carboxylic acids is 1. The van der Waals surface area contributed by atoms with Crippen molar-refractivity contribution in [2.45, 2.75) is 45.2 Å². The van der Waals surface area contributed by atoms with Crippen LogP contribution >= 0.6 is 7.75 Å². The molecule has 0 amide bonds. The first-order chi connectivity index (χ1) is 17.7. The Kier molecular flexibility index (Phi) is 8.40. The van der Waals surface area contributed by atoms with Gasteiger partial charge in [-0.3, -0.25) is 23.7 Å². The van der Waals surface area contributed by atoms with Crippen LogP contribution in [0.1, 0.15) is 30.7 Å². The molecule has 0 radical (unpaired) electrons. The van der Waals surface area contributed by atoms with Crippen LogP contribution in [0.5, 0.6) is 5.75 Å². The van der Waals surface area contributed by atoms with Gasteiger partial charge < -0.3 is 14.0 Å². The van der Waals surface area contributed by atoms with E-state index in [1.807, 2.05) is 30.3 Å². The third-order valence-electron chi connectivity index (χ3n) is 5.58. The van der Waals surface area contributed by atoms with Crippen LogP contribution in [-0.4, -0.2) is 34.3 Å². The summed E-state index contributed by atoms with van der Waals surface area (Å²) in [5.41, 5.74) is 0.0445. The van der Waals surface area contributed by atoms with Crippen molar-refractivity contribution in [3.8, 4) is 5.75 Å². The van der Waals surface area contributed by atoms with Crippen molar-refractivity contribution in [1.82, 2.24) is 14.6 Å². The second-order valence-corrected chi connectivity index (χ2v) is 10.2. The number of para-hydroxylation sites is 1. The average molecular weight is 529 g/mol. The van der Waals surface area contributed by atoms with Gasteiger partial charge in [0, 0.05) is 18.2 Å². The van der Waals surface area contributed by atoms with Gasteiger partial charge in [0.1, 0.15) is 24.6 Å². The van der Waals surface area contributed by atoms with E-state index in [1.165, 1.54) is 17.7 Å². The zero-order valence-corrected chi connectivity index (χ0v) is 21.3. The average Bonchev–Trinajstić information content (AvgIpc) is 3.33. The largest absolute Gasteiger partial charge is 0.460 e. The Morgan fingerprint density at radius 1 is 1.16 bits per heavy atom. The van der Waals surface area contributed by atoms with Crippen molar-refractivity contribution < 1.29 is 27.9 Å². The van der Waals surface area contributed by atoms with E-state index in [9.17, 15) is 18.9 Å². The maximum atomic E-state index is 13.8. The SMILES string of the molecule is Cc1cn([C@H]2C[C@@H](OP(=O)(N[C@@H](C)C(=O)OCc3ccccc3)Oc3ccccc3)CO2)c(=O)[nH]c1=O. The number of carbonyl (C=O) groups is 1. The van der Waals surface area contributed by atoms with Gasteiger partial charge in [-0.2, -0.15) is 5.09 Å². The number of aryl methyl sites for hydroxylation is 1. The van der Waals surface area contributed by atoms with Crippen LogP contribution in [0.4, 0.5) is 0 Å². The van der Waals surface area contributed by atoms with E-state index in [-0.39, 0.29) is 25.4 Å². The Balaban J connectivity index is 1.45. The molecule has 0 spiro atoms. The molecule has 0 saturated carbocycles. The summed E-state index contributed by atoms with van der Waals surface area (Å²) in [5, 5.41) is 2.65. The van der Waals surface area contributed by atoms with E-state index >= 15 is 0 Å². The molecule has 37 heavy (non-hydrogen) atoms. The van der Waals surface area contributed by atoms with Gasteiger partial charge in [0.15, 0.2) is 0 Å². The molecule has 1 saturated heterocycles. The second-order valence-electron chi connectivity index (χ2n) is 8.58. The number of hydrogen-bond donors (Lipinski definition) is 2. The minimum Gasteiger partial charge on any atom is -0.460 e. The summed E-state index contributed by atoms with van der Waals surface area (Å²) < 4.78 is 37.6. The van der Waals surface area contributed by atoms with Crippen LogP contribution in [0.2, 0.25) is 0 Å². The lowest BCUT2D eigenvalue weighted by Gasteiger charge is -2.25. The van der Waals surface area contributed by atoms with Gasteiger partial charge in [-0.05, 0) is 31.5 Å². The second kappa shape index (κ2) is 11.7. The topological polar surface area (TPSA) is 138 Å². The first-order valence-corrected chi connectivity index (χ1v) is 13.2. The number of benzene rings is 2. The lowest BCUT2D eigenvalue weighted by atomic mass is 10.2. The minimum absolute atomic E-state index is 0.00589. The molecule has 12 heteroatoms. The van der Waals surface area contributed by atoms with Crippen molar-refractivity contribution in [1.29, 1.82) is 0 Å². The Morgan fingerprint density at radius 2 is 1.84 bits per heavy atom. The lowest BCUT2D eigenvalue weighted by Crippen LogP contribution is -2.36. The molecule has 2 heterocycles. The summed E-state index contributed by atoms with van der Waals surface area (Å²) >= 11 is 0. The predicted molar refractivity (Wildman–Crippen MR) is 134 cm³/mol. The van der Waals surface area contributed by atoms with Crippen molar-refractivity contribution >= 4 is 13.7 Å². The summed E-state index contributed by atoms with van der Waals surface area (Å²) in [6.45, 7) is 3.13. The van der Waals surface area contributed by atoms with E-state index in [4.69, 9.17) is 18.5 Å². The normalized spacial score (nSPS) is 19.6. The molecule has 1 aliphatic heterocycles. The zero-order chi connectivity index (χ0) is 26.4. The molecule has 1 fully saturated rings. The Labute approximate surface area is 212 Å². The fourth-order valence-electron chi connectivity index (χ4n) is 3.69. The van der Waals surface area contributed by atoms with Crippen LogP contribution in [-0.2, 0) is 30.0 Å². The Hall–Kier alpha value is -3.50. The van der Waals surface area contributed by atoms with Gasteiger partial charge in [0.05, 0.1) is 12.7 Å². The van der Waals surface area contributed by atoms with Crippen LogP contribution < -0.4 is 20.9 Å². The van der Waals surface area contributed by atoms with E-state index in [1.54, 1.807) is 37.3 Å². The number of esters is 1. The number of ether oxygens (including phenoxy) is 2. The molecule has 196 valence electrons. The summed E-state index contributed by atoms with van der Waals surface area (Å²) in [4.78, 5) is 38.8. The van der Waals surface area contributed by atoms with Gasteiger partial charge >= 0.3 is 19.4 Å².